The zero-order chi connectivity index (χ0) is 25.2. The summed E-state index contributed by atoms with van der Waals surface area (Å²) in [7, 11) is 1.81. The van der Waals surface area contributed by atoms with Gasteiger partial charge in [-0.25, -0.2) is 14.6 Å². The zero-order valence-electron chi connectivity index (χ0n) is 20.4. The number of piperidine rings is 1. The number of rotatable bonds is 3. The molecule has 8 nitrogen and oxygen atoms in total. The molecule has 0 saturated carbocycles. The Morgan fingerprint density at radius 1 is 1.11 bits per heavy atom. The van der Waals surface area contributed by atoms with Gasteiger partial charge in [-0.3, -0.25) is 9.59 Å². The molecule has 0 aliphatic carbocycles. The van der Waals surface area contributed by atoms with E-state index in [-0.39, 0.29) is 17.7 Å². The lowest BCUT2D eigenvalue weighted by Crippen LogP contribution is -2.37. The maximum atomic E-state index is 13.0. The second-order valence-corrected chi connectivity index (χ2v) is 9.85. The maximum absolute atomic E-state index is 13.0. The highest BCUT2D eigenvalue weighted by Gasteiger charge is 2.26. The van der Waals surface area contributed by atoms with Crippen molar-refractivity contribution in [2.45, 2.75) is 32.6 Å². The van der Waals surface area contributed by atoms with Crippen molar-refractivity contribution in [3.63, 3.8) is 0 Å². The topological polar surface area (TPSA) is 93.0 Å². The number of nitrogens with zero attached hydrogens (tertiary/aromatic N) is 5. The number of carbonyl (C=O) groups is 2. The van der Waals surface area contributed by atoms with Gasteiger partial charge in [-0.2, -0.15) is 5.10 Å². The molecular formula is C27H26N6O2S. The molecule has 0 bridgehead atoms. The van der Waals surface area contributed by atoms with Gasteiger partial charge in [-0.05, 0) is 50.5 Å². The Kier molecular flexibility index (Phi) is 6.53. The number of thiazole rings is 1. The molecule has 1 aliphatic heterocycles. The zero-order valence-corrected chi connectivity index (χ0v) is 21.2. The number of fused-ring (bicyclic) bond motifs is 1. The van der Waals surface area contributed by atoms with E-state index in [4.69, 9.17) is 0 Å². The Morgan fingerprint density at radius 2 is 1.86 bits per heavy atom. The predicted molar refractivity (Wildman–Crippen MR) is 140 cm³/mol. The van der Waals surface area contributed by atoms with Crippen LogP contribution in [0.3, 0.4) is 0 Å². The summed E-state index contributed by atoms with van der Waals surface area (Å²) in [5.74, 6) is 5.94. The van der Waals surface area contributed by atoms with E-state index in [0.29, 0.717) is 24.6 Å². The van der Waals surface area contributed by atoms with Gasteiger partial charge in [0.1, 0.15) is 5.69 Å². The van der Waals surface area contributed by atoms with E-state index in [1.807, 2.05) is 57.3 Å². The van der Waals surface area contributed by atoms with Crippen molar-refractivity contribution < 1.29 is 9.59 Å². The van der Waals surface area contributed by atoms with Gasteiger partial charge >= 0.3 is 0 Å². The highest BCUT2D eigenvalue weighted by Crippen LogP contribution is 2.31. The maximum Gasteiger partial charge on any atom is 0.298 e. The third-order valence-electron chi connectivity index (χ3n) is 6.32. The molecule has 0 unspecified atom stereocenters. The third-order valence-corrected chi connectivity index (χ3v) is 7.33. The van der Waals surface area contributed by atoms with Gasteiger partial charge in [0.15, 0.2) is 11.5 Å². The minimum atomic E-state index is -0.290. The number of benzene rings is 1. The number of anilines is 1. The van der Waals surface area contributed by atoms with Crippen LogP contribution in [-0.4, -0.2) is 49.6 Å². The molecule has 1 saturated heterocycles. The summed E-state index contributed by atoms with van der Waals surface area (Å²) in [6, 6.07) is 11.5. The van der Waals surface area contributed by atoms with Crippen molar-refractivity contribution in [3.8, 4) is 11.8 Å². The number of pyridine rings is 1. The van der Waals surface area contributed by atoms with Crippen LogP contribution in [0.2, 0.25) is 0 Å². The van der Waals surface area contributed by atoms with E-state index < -0.39 is 0 Å². The summed E-state index contributed by atoms with van der Waals surface area (Å²) in [5, 5.41) is 10.9. The van der Waals surface area contributed by atoms with Crippen molar-refractivity contribution >= 4 is 40.0 Å². The Bertz CT molecular complexity index is 1500. The smallest absolute Gasteiger partial charge is 0.298 e. The lowest BCUT2D eigenvalue weighted by atomic mass is 9.97. The molecule has 1 aliphatic rings. The van der Waals surface area contributed by atoms with Crippen LogP contribution in [0.5, 0.6) is 0 Å². The molecule has 4 heterocycles. The first-order valence-electron chi connectivity index (χ1n) is 11.8. The van der Waals surface area contributed by atoms with E-state index in [1.54, 1.807) is 15.0 Å². The average Bonchev–Trinajstić information content (AvgIpc) is 3.49. The van der Waals surface area contributed by atoms with Gasteiger partial charge in [0.2, 0.25) is 0 Å². The van der Waals surface area contributed by atoms with Crippen molar-refractivity contribution in [3.05, 3.63) is 69.3 Å². The standard InChI is InChI=1S/C27H26N6O2S/c1-17-15-18(2)28-25-23(17)24(31-32(25)3)30-26(35)21-16-36-27(29-21)20-11-13-33(14-12-20)22(34)10-9-19-7-5-4-6-8-19/h4-8,15-16,20H,11-14H2,1-3H3,(H,30,31,35). The first kappa shape index (κ1) is 23.7. The van der Waals surface area contributed by atoms with Crippen molar-refractivity contribution in [2.24, 2.45) is 7.05 Å². The van der Waals surface area contributed by atoms with Crippen LogP contribution in [0, 0.1) is 25.7 Å². The summed E-state index contributed by atoms with van der Waals surface area (Å²) in [4.78, 5) is 36.4. The third kappa shape index (κ3) is 4.86. The van der Waals surface area contributed by atoms with Crippen molar-refractivity contribution in [2.75, 3.05) is 18.4 Å². The summed E-state index contributed by atoms with van der Waals surface area (Å²) in [5.41, 5.74) is 3.85. The SMILES string of the molecule is Cc1cc(C)c2c(NC(=O)c3csc(C4CCN(C(=O)C#Cc5ccccc5)CC4)n3)nn(C)c2n1. The number of hydrogen-bond acceptors (Lipinski definition) is 6. The first-order chi connectivity index (χ1) is 17.4. The number of aryl methyl sites for hydroxylation is 3. The molecular weight excluding hydrogens is 472 g/mol. The van der Waals surface area contributed by atoms with Crippen LogP contribution in [-0.2, 0) is 11.8 Å². The molecule has 1 aromatic carbocycles. The number of likely N-dealkylation sites (tertiary alicyclic amines) is 1. The van der Waals surface area contributed by atoms with Crippen molar-refractivity contribution in [1.82, 2.24) is 24.6 Å². The molecule has 182 valence electrons. The molecule has 0 atom stereocenters. The van der Waals surface area contributed by atoms with Crippen molar-refractivity contribution in [1.29, 1.82) is 0 Å². The van der Waals surface area contributed by atoms with E-state index in [2.05, 4.69) is 32.2 Å². The highest BCUT2D eigenvalue weighted by molar-refractivity contribution is 7.10. The molecule has 5 rings (SSSR count). The summed E-state index contributed by atoms with van der Waals surface area (Å²) in [6.07, 6.45) is 1.59. The van der Waals surface area contributed by atoms with Crippen LogP contribution in [0.25, 0.3) is 11.0 Å². The first-order valence-corrected chi connectivity index (χ1v) is 12.7. The van der Waals surface area contributed by atoms with Gasteiger partial charge in [0.25, 0.3) is 11.8 Å². The second kappa shape index (κ2) is 9.91. The summed E-state index contributed by atoms with van der Waals surface area (Å²) in [6.45, 7) is 5.17. The van der Waals surface area contributed by atoms with Gasteiger partial charge in [-0.15, -0.1) is 11.3 Å². The molecule has 2 amide bonds. The molecule has 1 N–H and O–H groups in total. The van der Waals surface area contributed by atoms with E-state index in [1.165, 1.54) is 11.3 Å². The van der Waals surface area contributed by atoms with Crippen LogP contribution in [0.4, 0.5) is 5.82 Å². The normalized spacial score (nSPS) is 13.9. The van der Waals surface area contributed by atoms with E-state index in [0.717, 1.165) is 45.7 Å². The lowest BCUT2D eigenvalue weighted by Gasteiger charge is -2.29. The molecule has 1 fully saturated rings. The summed E-state index contributed by atoms with van der Waals surface area (Å²) < 4.78 is 1.68. The largest absolute Gasteiger partial charge is 0.332 e. The number of amides is 2. The number of nitrogens with one attached hydrogen (secondary N) is 1. The van der Waals surface area contributed by atoms with Gasteiger partial charge in [0, 0.05) is 48.6 Å². The fourth-order valence-electron chi connectivity index (χ4n) is 4.49. The quantitative estimate of drug-likeness (QED) is 0.430. The number of hydrogen-bond donors (Lipinski definition) is 1. The Hall–Kier alpha value is -4.03. The second-order valence-electron chi connectivity index (χ2n) is 8.96. The molecule has 0 spiro atoms. The number of aromatic nitrogens is 4. The molecule has 3 aromatic heterocycles. The van der Waals surface area contributed by atoms with Gasteiger partial charge in [-0.1, -0.05) is 24.1 Å². The Labute approximate surface area is 213 Å². The summed E-state index contributed by atoms with van der Waals surface area (Å²) >= 11 is 1.48. The molecule has 9 heteroatoms. The average molecular weight is 499 g/mol. The fourth-order valence-corrected chi connectivity index (χ4v) is 5.46. The lowest BCUT2D eigenvalue weighted by molar-refractivity contribution is -0.126. The number of carbonyl (C=O) groups excluding carboxylic acids is 2. The highest BCUT2D eigenvalue weighted by atomic mass is 32.1. The van der Waals surface area contributed by atoms with Gasteiger partial charge in [0.05, 0.1) is 10.4 Å². The van der Waals surface area contributed by atoms with E-state index >= 15 is 0 Å². The monoisotopic (exact) mass is 498 g/mol. The molecule has 4 aromatic rings. The Balaban J connectivity index is 1.22. The fraction of sp³-hybridized carbons (Fsp3) is 0.296. The molecule has 0 radical (unpaired) electrons. The van der Waals surface area contributed by atoms with Gasteiger partial charge < -0.3 is 10.2 Å². The van der Waals surface area contributed by atoms with Crippen LogP contribution < -0.4 is 5.32 Å². The minimum absolute atomic E-state index is 0.154. The predicted octanol–water partition coefficient (Wildman–Crippen LogP) is 4.05. The van der Waals surface area contributed by atoms with E-state index in [9.17, 15) is 9.59 Å². The molecule has 36 heavy (non-hydrogen) atoms. The minimum Gasteiger partial charge on any atom is -0.332 e. The Morgan fingerprint density at radius 3 is 2.61 bits per heavy atom. The van der Waals surface area contributed by atoms with Crippen LogP contribution in [0.1, 0.15) is 51.1 Å². The van der Waals surface area contributed by atoms with Crippen LogP contribution in [0.15, 0.2) is 41.8 Å². The van der Waals surface area contributed by atoms with Crippen LogP contribution >= 0.6 is 11.3 Å².